The van der Waals surface area contributed by atoms with Crippen LogP contribution in [0.1, 0.15) is 31.3 Å². The van der Waals surface area contributed by atoms with Gasteiger partial charge in [0.25, 0.3) is 0 Å². The van der Waals surface area contributed by atoms with Gasteiger partial charge in [0.15, 0.2) is 0 Å². The summed E-state index contributed by atoms with van der Waals surface area (Å²) in [6.45, 7) is 5.67. The fourth-order valence-corrected chi connectivity index (χ4v) is 2.30. The Kier molecular flexibility index (Phi) is 5.60. The Balaban J connectivity index is 1.84. The van der Waals surface area contributed by atoms with Crippen molar-refractivity contribution in [2.24, 2.45) is 0 Å². The molecule has 0 aromatic carbocycles. The number of hydrogen-bond acceptors (Lipinski definition) is 5. The maximum absolute atomic E-state index is 12.1. The number of rotatable bonds is 7. The molecule has 2 aromatic rings. The summed E-state index contributed by atoms with van der Waals surface area (Å²) in [6, 6.07) is 3.73. The predicted molar refractivity (Wildman–Crippen MR) is 82.8 cm³/mol. The van der Waals surface area contributed by atoms with Gasteiger partial charge in [-0.05, 0) is 38.6 Å². The monoisotopic (exact) mass is 302 g/mol. The van der Waals surface area contributed by atoms with Crippen LogP contribution in [-0.2, 0) is 17.9 Å². The fourth-order valence-electron chi connectivity index (χ4n) is 2.30. The van der Waals surface area contributed by atoms with Gasteiger partial charge in [-0.3, -0.25) is 14.7 Å². The predicted octanol–water partition coefficient (Wildman–Crippen LogP) is 1.00. The highest BCUT2D eigenvalue weighted by molar-refractivity contribution is 5.78. The number of hydrogen-bond donors (Lipinski definition) is 1. The minimum atomic E-state index is -0.163. The highest BCUT2D eigenvalue weighted by Crippen LogP contribution is 2.08. The largest absolute Gasteiger partial charge is 0.345 e. The number of likely N-dealkylation sites (N-methyl/N-ethyl adjacent to an activating group) is 1. The zero-order valence-corrected chi connectivity index (χ0v) is 13.2. The fraction of sp³-hybridized carbons (Fsp3) is 0.467. The summed E-state index contributed by atoms with van der Waals surface area (Å²) in [4.78, 5) is 22.3. The zero-order chi connectivity index (χ0) is 15.9. The minimum absolute atomic E-state index is 0.0327. The van der Waals surface area contributed by atoms with Gasteiger partial charge >= 0.3 is 0 Å². The number of nitrogens with one attached hydrogen (secondary N) is 1. The van der Waals surface area contributed by atoms with Gasteiger partial charge in [-0.15, -0.1) is 0 Å². The second-order valence-electron chi connectivity index (χ2n) is 5.25. The summed E-state index contributed by atoms with van der Waals surface area (Å²) in [5, 5.41) is 7.08. The lowest BCUT2D eigenvalue weighted by atomic mass is 10.2. The minimum Gasteiger partial charge on any atom is -0.345 e. The number of aryl methyl sites for hydroxylation is 1. The first-order chi connectivity index (χ1) is 10.6. The molecular weight excluding hydrogens is 280 g/mol. The van der Waals surface area contributed by atoms with Crippen LogP contribution in [0.5, 0.6) is 0 Å². The first-order valence-corrected chi connectivity index (χ1v) is 7.34. The smallest absolute Gasteiger partial charge is 0.234 e. The topological polar surface area (TPSA) is 75.9 Å². The summed E-state index contributed by atoms with van der Waals surface area (Å²) in [5.41, 5.74) is 1.13. The van der Waals surface area contributed by atoms with E-state index in [1.807, 2.05) is 37.9 Å². The van der Waals surface area contributed by atoms with E-state index < -0.39 is 0 Å². The van der Waals surface area contributed by atoms with E-state index in [0.717, 1.165) is 17.9 Å². The maximum Gasteiger partial charge on any atom is 0.234 e. The highest BCUT2D eigenvalue weighted by Gasteiger charge is 2.16. The van der Waals surface area contributed by atoms with Gasteiger partial charge in [-0.1, -0.05) is 0 Å². The Morgan fingerprint density at radius 2 is 2.14 bits per heavy atom. The first kappa shape index (κ1) is 16.1. The van der Waals surface area contributed by atoms with Crippen molar-refractivity contribution in [2.75, 3.05) is 13.6 Å². The quantitative estimate of drug-likeness (QED) is 0.826. The lowest BCUT2D eigenvalue weighted by Gasteiger charge is -2.19. The van der Waals surface area contributed by atoms with Crippen LogP contribution in [0.4, 0.5) is 0 Å². The van der Waals surface area contributed by atoms with E-state index in [-0.39, 0.29) is 11.9 Å². The second-order valence-corrected chi connectivity index (χ2v) is 5.25. The number of carbonyl (C=O) groups is 1. The molecule has 22 heavy (non-hydrogen) atoms. The Morgan fingerprint density at radius 1 is 1.41 bits per heavy atom. The van der Waals surface area contributed by atoms with Crippen molar-refractivity contribution in [3.8, 4) is 0 Å². The molecule has 7 nitrogen and oxygen atoms in total. The van der Waals surface area contributed by atoms with Crippen molar-refractivity contribution in [1.29, 1.82) is 0 Å². The molecule has 118 valence electrons. The molecule has 1 N–H and O–H groups in total. The molecule has 0 aliphatic rings. The number of nitrogens with zero attached hydrogens (tertiary/aromatic N) is 5. The summed E-state index contributed by atoms with van der Waals surface area (Å²) >= 11 is 0. The third-order valence-electron chi connectivity index (χ3n) is 3.33. The summed E-state index contributed by atoms with van der Waals surface area (Å²) in [7, 11) is 1.92. The number of carbonyl (C=O) groups excluding carboxylic acids is 1. The molecule has 2 heterocycles. The van der Waals surface area contributed by atoms with Crippen LogP contribution in [0.25, 0.3) is 0 Å². The summed E-state index contributed by atoms with van der Waals surface area (Å²) in [5.74, 6) is 0.738. The van der Waals surface area contributed by atoms with Gasteiger partial charge in [0, 0.05) is 25.5 Å². The Bertz CT molecular complexity index is 597. The standard InChI is InChI=1S/C15H22N6O/c1-4-21-15(17-11-18-21)12(2)19-14(22)10-20(3)9-13-5-7-16-8-6-13/h5-8,11-12H,4,9-10H2,1-3H3,(H,19,22)/t12-/m1/s1. The van der Waals surface area contributed by atoms with Gasteiger partial charge < -0.3 is 5.32 Å². The van der Waals surface area contributed by atoms with Crippen LogP contribution >= 0.6 is 0 Å². The van der Waals surface area contributed by atoms with Crippen LogP contribution in [0.3, 0.4) is 0 Å². The molecule has 0 fully saturated rings. The second kappa shape index (κ2) is 7.65. The van der Waals surface area contributed by atoms with Crippen LogP contribution in [0.15, 0.2) is 30.9 Å². The van der Waals surface area contributed by atoms with Gasteiger partial charge in [-0.25, -0.2) is 9.67 Å². The molecular formula is C15H22N6O. The Hall–Kier alpha value is -2.28. The highest BCUT2D eigenvalue weighted by atomic mass is 16.2. The van der Waals surface area contributed by atoms with Crippen molar-refractivity contribution < 1.29 is 4.79 Å². The van der Waals surface area contributed by atoms with Crippen molar-refractivity contribution >= 4 is 5.91 Å². The zero-order valence-electron chi connectivity index (χ0n) is 13.2. The van der Waals surface area contributed by atoms with Crippen LogP contribution in [0.2, 0.25) is 0 Å². The molecule has 2 aromatic heterocycles. The average molecular weight is 302 g/mol. The summed E-state index contributed by atoms with van der Waals surface area (Å²) < 4.78 is 1.78. The SMILES string of the molecule is CCn1ncnc1[C@@H](C)NC(=O)CN(C)Cc1ccncc1. The molecule has 2 rings (SSSR count). The van der Waals surface area contributed by atoms with Gasteiger partial charge in [0.2, 0.25) is 5.91 Å². The lowest BCUT2D eigenvalue weighted by Crippen LogP contribution is -2.37. The average Bonchev–Trinajstić information content (AvgIpc) is 2.96. The maximum atomic E-state index is 12.1. The van der Waals surface area contributed by atoms with Crippen LogP contribution in [0, 0.1) is 0 Å². The number of amides is 1. The molecule has 0 aliphatic carbocycles. The molecule has 0 aliphatic heterocycles. The molecule has 0 radical (unpaired) electrons. The van der Waals surface area contributed by atoms with Crippen molar-refractivity contribution in [3.05, 3.63) is 42.2 Å². The first-order valence-electron chi connectivity index (χ1n) is 7.34. The van der Waals surface area contributed by atoms with E-state index in [2.05, 4.69) is 20.4 Å². The van der Waals surface area contributed by atoms with Gasteiger partial charge in [0.05, 0.1) is 12.6 Å². The van der Waals surface area contributed by atoms with E-state index in [4.69, 9.17) is 0 Å². The molecule has 0 spiro atoms. The van der Waals surface area contributed by atoms with E-state index in [1.54, 1.807) is 17.1 Å². The Morgan fingerprint density at radius 3 is 2.82 bits per heavy atom. The molecule has 1 atom stereocenters. The Labute approximate surface area is 130 Å². The molecule has 0 bridgehead atoms. The summed E-state index contributed by atoms with van der Waals surface area (Å²) in [6.07, 6.45) is 5.02. The van der Waals surface area contributed by atoms with E-state index in [0.29, 0.717) is 13.1 Å². The molecule has 1 amide bonds. The van der Waals surface area contributed by atoms with E-state index in [9.17, 15) is 4.79 Å². The van der Waals surface area contributed by atoms with Gasteiger partial charge in [0.1, 0.15) is 12.2 Å². The third-order valence-corrected chi connectivity index (χ3v) is 3.33. The molecule has 0 saturated carbocycles. The van der Waals surface area contributed by atoms with Crippen molar-refractivity contribution in [1.82, 2.24) is 30.0 Å². The third kappa shape index (κ3) is 4.36. The number of pyridine rings is 1. The lowest BCUT2D eigenvalue weighted by molar-refractivity contribution is -0.122. The molecule has 7 heteroatoms. The molecule has 0 saturated heterocycles. The molecule has 0 unspecified atom stereocenters. The van der Waals surface area contributed by atoms with Crippen molar-refractivity contribution in [3.63, 3.8) is 0 Å². The normalized spacial score (nSPS) is 12.4. The van der Waals surface area contributed by atoms with Crippen molar-refractivity contribution in [2.45, 2.75) is 33.0 Å². The van der Waals surface area contributed by atoms with Gasteiger partial charge in [-0.2, -0.15) is 5.10 Å². The van der Waals surface area contributed by atoms with Crippen LogP contribution < -0.4 is 5.32 Å². The van der Waals surface area contributed by atoms with E-state index >= 15 is 0 Å². The van der Waals surface area contributed by atoms with E-state index in [1.165, 1.54) is 6.33 Å². The van der Waals surface area contributed by atoms with Crippen LogP contribution in [-0.4, -0.2) is 44.1 Å². The number of aromatic nitrogens is 4.